The summed E-state index contributed by atoms with van der Waals surface area (Å²) >= 11 is 5.91. The van der Waals surface area contributed by atoms with Crippen LogP contribution in [0.25, 0.3) is 0 Å². The smallest absolute Gasteiger partial charge is 0.372 e. The first-order chi connectivity index (χ1) is 6.87. The number of alkyl halides is 4. The van der Waals surface area contributed by atoms with Crippen LogP contribution in [-0.2, 0) is 4.74 Å². The van der Waals surface area contributed by atoms with E-state index in [1.165, 1.54) is 0 Å². The molecule has 0 N–H and O–H groups in total. The second-order valence-corrected chi connectivity index (χ2v) is 4.34. The van der Waals surface area contributed by atoms with Crippen LogP contribution < -0.4 is 0 Å². The molecule has 0 spiro atoms. The van der Waals surface area contributed by atoms with Gasteiger partial charge in [-0.15, -0.1) is 11.6 Å². The van der Waals surface area contributed by atoms with Crippen LogP contribution in [0.3, 0.4) is 0 Å². The fourth-order valence-corrected chi connectivity index (χ4v) is 1.70. The topological polar surface area (TPSA) is 9.23 Å². The molecule has 1 nitrogen and oxygen atoms in total. The molecule has 0 saturated heterocycles. The lowest BCUT2D eigenvalue weighted by molar-refractivity contribution is -0.174. The average Bonchev–Trinajstić information content (AvgIpc) is 2.08. The maximum atomic E-state index is 11.7. The van der Waals surface area contributed by atoms with Crippen molar-refractivity contribution in [3.05, 3.63) is 0 Å². The van der Waals surface area contributed by atoms with Crippen molar-refractivity contribution in [2.45, 2.75) is 44.7 Å². The Bertz CT molecular complexity index is 159. The van der Waals surface area contributed by atoms with Gasteiger partial charge in [-0.25, -0.2) is 0 Å². The summed E-state index contributed by atoms with van der Waals surface area (Å²) in [7, 11) is 0. The molecule has 0 rings (SSSR count). The number of halogens is 4. The summed E-state index contributed by atoms with van der Waals surface area (Å²) in [6, 6.07) is 0. The third-order valence-corrected chi connectivity index (χ3v) is 2.66. The molecule has 0 radical (unpaired) electrons. The molecule has 0 bridgehead atoms. The van der Waals surface area contributed by atoms with Gasteiger partial charge in [0.15, 0.2) is 0 Å². The van der Waals surface area contributed by atoms with Crippen molar-refractivity contribution in [3.63, 3.8) is 0 Å². The van der Waals surface area contributed by atoms with Gasteiger partial charge < -0.3 is 4.74 Å². The molecule has 0 aliphatic heterocycles. The monoisotopic (exact) mass is 246 g/mol. The van der Waals surface area contributed by atoms with E-state index >= 15 is 0 Å². The molecule has 5 heteroatoms. The zero-order chi connectivity index (χ0) is 11.9. The van der Waals surface area contributed by atoms with E-state index in [0.29, 0.717) is 12.3 Å². The lowest BCUT2D eigenvalue weighted by Crippen LogP contribution is -2.18. The van der Waals surface area contributed by atoms with Gasteiger partial charge in [-0.1, -0.05) is 13.3 Å². The van der Waals surface area contributed by atoms with Crippen molar-refractivity contribution >= 4 is 11.6 Å². The molecule has 0 aromatic carbocycles. The van der Waals surface area contributed by atoms with Gasteiger partial charge in [0.1, 0.15) is 6.61 Å². The van der Waals surface area contributed by atoms with Crippen molar-refractivity contribution in [1.82, 2.24) is 0 Å². The van der Waals surface area contributed by atoms with Crippen LogP contribution in [0.4, 0.5) is 13.2 Å². The van der Waals surface area contributed by atoms with Gasteiger partial charge in [0.25, 0.3) is 0 Å². The summed E-state index contributed by atoms with van der Waals surface area (Å²) in [5.74, 6) is 0.362. The first kappa shape index (κ1) is 15.0. The maximum absolute atomic E-state index is 11.7. The predicted octanol–water partition coefficient (Wildman–Crippen LogP) is 4.00. The molecule has 0 aliphatic carbocycles. The lowest BCUT2D eigenvalue weighted by atomic mass is 9.97. The Morgan fingerprint density at radius 2 is 1.93 bits per heavy atom. The van der Waals surface area contributed by atoms with Gasteiger partial charge in [0, 0.05) is 12.0 Å². The van der Waals surface area contributed by atoms with E-state index in [-0.39, 0.29) is 12.0 Å². The first-order valence-electron chi connectivity index (χ1n) is 5.15. The molecule has 92 valence electrons. The average molecular weight is 247 g/mol. The van der Waals surface area contributed by atoms with E-state index in [0.717, 1.165) is 12.8 Å². The molecule has 2 atom stereocenters. The van der Waals surface area contributed by atoms with Gasteiger partial charge in [0.05, 0.1) is 0 Å². The zero-order valence-corrected chi connectivity index (χ0v) is 9.87. The van der Waals surface area contributed by atoms with Crippen molar-refractivity contribution in [2.24, 2.45) is 5.92 Å². The van der Waals surface area contributed by atoms with Crippen LogP contribution in [0.2, 0.25) is 0 Å². The van der Waals surface area contributed by atoms with E-state index in [4.69, 9.17) is 11.6 Å². The Labute approximate surface area is 93.9 Å². The fourth-order valence-electron chi connectivity index (χ4n) is 1.39. The summed E-state index contributed by atoms with van der Waals surface area (Å²) in [6.07, 6.45) is -1.82. The highest BCUT2D eigenvalue weighted by atomic mass is 35.5. The normalized spacial score (nSPS) is 16.4. The van der Waals surface area contributed by atoms with Gasteiger partial charge in [-0.05, 0) is 25.7 Å². The quantitative estimate of drug-likeness (QED) is 0.487. The van der Waals surface area contributed by atoms with Crippen molar-refractivity contribution in [3.8, 4) is 0 Å². The third kappa shape index (κ3) is 9.00. The number of rotatable bonds is 7. The summed E-state index contributed by atoms with van der Waals surface area (Å²) in [5.41, 5.74) is 0. The zero-order valence-electron chi connectivity index (χ0n) is 9.11. The number of hydrogen-bond donors (Lipinski definition) is 0. The number of hydrogen-bond acceptors (Lipinski definition) is 1. The minimum Gasteiger partial charge on any atom is -0.372 e. The molecular weight excluding hydrogens is 229 g/mol. The Balaban J connectivity index is 3.45. The van der Waals surface area contributed by atoms with Crippen LogP contribution in [0, 0.1) is 5.92 Å². The van der Waals surface area contributed by atoms with Gasteiger partial charge in [0.2, 0.25) is 0 Å². The molecule has 0 aliphatic rings. The predicted molar refractivity (Wildman–Crippen MR) is 55.2 cm³/mol. The molecule has 0 heterocycles. The van der Waals surface area contributed by atoms with E-state index < -0.39 is 12.8 Å². The van der Waals surface area contributed by atoms with E-state index in [9.17, 15) is 13.2 Å². The van der Waals surface area contributed by atoms with Crippen LogP contribution in [0.1, 0.15) is 33.1 Å². The summed E-state index contributed by atoms with van der Waals surface area (Å²) in [5, 5.41) is 0.0672. The van der Waals surface area contributed by atoms with Gasteiger partial charge in [-0.3, -0.25) is 0 Å². The molecule has 0 aromatic heterocycles. The van der Waals surface area contributed by atoms with E-state index in [1.807, 2.05) is 13.8 Å². The second kappa shape index (κ2) is 7.34. The summed E-state index contributed by atoms with van der Waals surface area (Å²) in [6.45, 7) is 2.94. The Kier molecular flexibility index (Phi) is 7.36. The second-order valence-electron chi connectivity index (χ2n) is 3.66. The van der Waals surface area contributed by atoms with Crippen LogP contribution in [-0.4, -0.2) is 24.8 Å². The fraction of sp³-hybridized carbons (Fsp3) is 1.00. The first-order valence-corrected chi connectivity index (χ1v) is 5.59. The lowest BCUT2D eigenvalue weighted by Gasteiger charge is -2.17. The van der Waals surface area contributed by atoms with Crippen molar-refractivity contribution in [1.29, 1.82) is 0 Å². The molecule has 15 heavy (non-hydrogen) atoms. The standard InChI is InChI=1S/C10H18ClF3O/c1-3-9(8(2)11)5-4-6-15-7-10(12,13)14/h8-9H,3-7H2,1-2H3. The van der Waals surface area contributed by atoms with E-state index in [2.05, 4.69) is 4.74 Å². The molecule has 0 fully saturated rings. The van der Waals surface area contributed by atoms with Gasteiger partial charge >= 0.3 is 6.18 Å². The molecule has 0 saturated carbocycles. The number of ether oxygens (including phenoxy) is 1. The highest BCUT2D eigenvalue weighted by molar-refractivity contribution is 6.20. The van der Waals surface area contributed by atoms with Crippen LogP contribution >= 0.6 is 11.6 Å². The van der Waals surface area contributed by atoms with E-state index in [1.54, 1.807) is 0 Å². The summed E-state index contributed by atoms with van der Waals surface area (Å²) in [4.78, 5) is 0. The van der Waals surface area contributed by atoms with Crippen LogP contribution in [0.5, 0.6) is 0 Å². The van der Waals surface area contributed by atoms with Crippen LogP contribution in [0.15, 0.2) is 0 Å². The van der Waals surface area contributed by atoms with Crippen molar-refractivity contribution in [2.75, 3.05) is 13.2 Å². The molecule has 2 unspecified atom stereocenters. The highest BCUT2D eigenvalue weighted by Gasteiger charge is 2.27. The molecule has 0 aromatic rings. The largest absolute Gasteiger partial charge is 0.411 e. The van der Waals surface area contributed by atoms with Gasteiger partial charge in [-0.2, -0.15) is 13.2 Å². The Morgan fingerprint density at radius 1 is 1.33 bits per heavy atom. The highest BCUT2D eigenvalue weighted by Crippen LogP contribution is 2.20. The summed E-state index contributed by atoms with van der Waals surface area (Å²) < 4.78 is 39.6. The minimum absolute atomic E-state index is 0.0672. The minimum atomic E-state index is -4.22. The Morgan fingerprint density at radius 3 is 2.33 bits per heavy atom. The molecular formula is C10H18ClF3O. The maximum Gasteiger partial charge on any atom is 0.411 e. The third-order valence-electron chi connectivity index (χ3n) is 2.30. The Hall–Kier alpha value is 0.0400. The SMILES string of the molecule is CCC(CCCOCC(F)(F)F)C(C)Cl. The molecule has 0 amide bonds. The van der Waals surface area contributed by atoms with Crippen molar-refractivity contribution < 1.29 is 17.9 Å².